The highest BCUT2D eigenvalue weighted by Crippen LogP contribution is 2.46. The van der Waals surface area contributed by atoms with Crippen molar-refractivity contribution in [3.63, 3.8) is 0 Å². The van der Waals surface area contributed by atoms with E-state index in [0.29, 0.717) is 23.3 Å². The molecule has 0 fully saturated rings. The zero-order chi connectivity index (χ0) is 22.1. The first-order chi connectivity index (χ1) is 15.7. The predicted molar refractivity (Wildman–Crippen MR) is 122 cm³/mol. The zero-order valence-electron chi connectivity index (χ0n) is 17.2. The van der Waals surface area contributed by atoms with E-state index in [1.165, 1.54) is 6.40 Å². The van der Waals surface area contributed by atoms with Gasteiger partial charge in [-0.1, -0.05) is 54.6 Å². The molecule has 0 bridgehead atoms. The van der Waals surface area contributed by atoms with Gasteiger partial charge in [0, 0.05) is 0 Å². The van der Waals surface area contributed by atoms with Gasteiger partial charge < -0.3 is 13.9 Å². The summed E-state index contributed by atoms with van der Waals surface area (Å²) in [5, 5.41) is 12.7. The Morgan fingerprint density at radius 3 is 2.62 bits per heavy atom. The van der Waals surface area contributed by atoms with Gasteiger partial charge in [0.25, 0.3) is 0 Å². The van der Waals surface area contributed by atoms with Crippen LogP contribution in [0.3, 0.4) is 0 Å². The smallest absolute Gasteiger partial charge is 0.344 e. The summed E-state index contributed by atoms with van der Waals surface area (Å²) in [6, 6.07) is 23.0. The maximum atomic E-state index is 13.2. The molecular weight excluding hydrogens is 404 g/mol. The van der Waals surface area contributed by atoms with Gasteiger partial charge in [-0.3, -0.25) is 0 Å². The Morgan fingerprint density at radius 2 is 1.81 bits per heavy atom. The Bertz CT molecular complexity index is 1500. The second-order valence-corrected chi connectivity index (χ2v) is 7.25. The van der Waals surface area contributed by atoms with Crippen LogP contribution in [0.25, 0.3) is 21.7 Å². The number of hydrogen-bond donors (Lipinski definition) is 0. The van der Waals surface area contributed by atoms with Crippen molar-refractivity contribution in [2.75, 3.05) is 6.61 Å². The molecule has 1 aliphatic rings. The molecule has 1 aromatic heterocycles. The van der Waals surface area contributed by atoms with Gasteiger partial charge in [-0.15, -0.1) is 0 Å². The highest BCUT2D eigenvalue weighted by atomic mass is 16.5. The number of para-hydroxylation sites is 1. The van der Waals surface area contributed by atoms with Crippen molar-refractivity contribution in [2.24, 2.45) is 4.99 Å². The molecule has 1 atom stereocenters. The zero-order valence-corrected chi connectivity index (χ0v) is 17.2. The number of rotatable bonds is 4. The van der Waals surface area contributed by atoms with Gasteiger partial charge in [-0.25, -0.2) is 4.79 Å². The molecule has 0 N–H and O–H groups in total. The van der Waals surface area contributed by atoms with Crippen molar-refractivity contribution >= 4 is 28.1 Å². The van der Waals surface area contributed by atoms with Gasteiger partial charge in [-0.05, 0) is 35.4 Å². The molecule has 0 radical (unpaired) electrons. The summed E-state index contributed by atoms with van der Waals surface area (Å²) in [7, 11) is 0. The molecule has 0 saturated carbocycles. The van der Waals surface area contributed by atoms with Gasteiger partial charge >= 0.3 is 5.63 Å². The Hall–Kier alpha value is -4.37. The first-order valence-corrected chi connectivity index (χ1v) is 10.2. The number of aliphatic imine (C=N–C) groups is 1. The third kappa shape index (κ3) is 3.12. The molecular formula is C26H18N2O4. The number of fused-ring (bicyclic) bond motifs is 4. The average molecular weight is 422 g/mol. The van der Waals surface area contributed by atoms with Gasteiger partial charge in [0.15, 0.2) is 12.2 Å². The topological polar surface area (TPSA) is 84.8 Å². The molecule has 1 unspecified atom stereocenters. The van der Waals surface area contributed by atoms with E-state index in [0.717, 1.165) is 16.3 Å². The largest absolute Gasteiger partial charge is 0.483 e. The van der Waals surface area contributed by atoms with Crippen LogP contribution in [0.15, 0.2) is 92.4 Å². The summed E-state index contributed by atoms with van der Waals surface area (Å²) in [6.07, 6.45) is 1.26. The van der Waals surface area contributed by atoms with Crippen molar-refractivity contribution in [2.45, 2.75) is 12.8 Å². The SMILES string of the molecule is CCO/C=N/C1=C(C#N)C(c2cccc3ccccc23)c2c(c3ccccc3oc2=O)O1. The number of ether oxygens (including phenoxy) is 2. The summed E-state index contributed by atoms with van der Waals surface area (Å²) < 4.78 is 16.9. The fraction of sp³-hybridized carbons (Fsp3) is 0.115. The summed E-state index contributed by atoms with van der Waals surface area (Å²) in [5.74, 6) is -0.260. The van der Waals surface area contributed by atoms with Crippen molar-refractivity contribution in [3.05, 3.63) is 99.7 Å². The van der Waals surface area contributed by atoms with E-state index in [9.17, 15) is 10.1 Å². The molecule has 0 spiro atoms. The van der Waals surface area contributed by atoms with E-state index in [-0.39, 0.29) is 17.0 Å². The van der Waals surface area contributed by atoms with Crippen LogP contribution in [-0.4, -0.2) is 13.0 Å². The molecule has 0 amide bonds. The number of nitriles is 1. The summed E-state index contributed by atoms with van der Waals surface area (Å²) in [4.78, 5) is 17.5. The Balaban J connectivity index is 1.87. The number of benzene rings is 3. The van der Waals surface area contributed by atoms with E-state index in [1.807, 2.05) is 61.5 Å². The summed E-state index contributed by atoms with van der Waals surface area (Å²) in [6.45, 7) is 2.26. The third-order valence-corrected chi connectivity index (χ3v) is 5.47. The van der Waals surface area contributed by atoms with Crippen LogP contribution in [0, 0.1) is 11.3 Å². The molecule has 1 aliphatic heterocycles. The van der Waals surface area contributed by atoms with E-state index in [2.05, 4.69) is 11.1 Å². The first kappa shape index (κ1) is 19.6. The number of hydrogen-bond acceptors (Lipinski definition) is 6. The van der Waals surface area contributed by atoms with E-state index < -0.39 is 11.5 Å². The number of allylic oxidation sites excluding steroid dienone is 1. The molecule has 5 rings (SSSR count). The minimum atomic E-state index is -0.704. The summed E-state index contributed by atoms with van der Waals surface area (Å²) in [5.41, 5.74) is 1.16. The fourth-order valence-corrected chi connectivity index (χ4v) is 4.10. The van der Waals surface area contributed by atoms with Crippen LogP contribution in [0.5, 0.6) is 5.75 Å². The molecule has 4 aromatic rings. The second-order valence-electron chi connectivity index (χ2n) is 7.25. The second kappa shape index (κ2) is 8.05. The van der Waals surface area contributed by atoms with Crippen LogP contribution in [0.4, 0.5) is 0 Å². The molecule has 156 valence electrons. The lowest BCUT2D eigenvalue weighted by molar-refractivity contribution is 0.335. The minimum absolute atomic E-state index is 0.0992. The number of nitrogens with zero attached hydrogens (tertiary/aromatic N) is 2. The van der Waals surface area contributed by atoms with E-state index >= 15 is 0 Å². The lowest BCUT2D eigenvalue weighted by atomic mass is 9.81. The Kier molecular flexibility index (Phi) is 4.92. The molecule has 32 heavy (non-hydrogen) atoms. The predicted octanol–water partition coefficient (Wildman–Crippen LogP) is 5.27. The van der Waals surface area contributed by atoms with Gasteiger partial charge in [0.2, 0.25) is 5.88 Å². The van der Waals surface area contributed by atoms with Crippen LogP contribution in [0.2, 0.25) is 0 Å². The van der Waals surface area contributed by atoms with Crippen LogP contribution >= 0.6 is 0 Å². The quantitative estimate of drug-likeness (QED) is 0.254. The molecule has 0 saturated heterocycles. The summed E-state index contributed by atoms with van der Waals surface area (Å²) >= 11 is 0. The lowest BCUT2D eigenvalue weighted by Crippen LogP contribution is -2.23. The maximum Gasteiger partial charge on any atom is 0.344 e. The van der Waals surface area contributed by atoms with Crippen molar-refractivity contribution in [1.29, 1.82) is 5.26 Å². The Labute approximate surface area is 183 Å². The van der Waals surface area contributed by atoms with Crippen molar-refractivity contribution in [1.82, 2.24) is 0 Å². The van der Waals surface area contributed by atoms with E-state index in [1.54, 1.807) is 12.1 Å². The average Bonchev–Trinajstić information content (AvgIpc) is 2.83. The van der Waals surface area contributed by atoms with Gasteiger partial charge in [-0.2, -0.15) is 10.3 Å². The maximum absolute atomic E-state index is 13.2. The highest BCUT2D eigenvalue weighted by Gasteiger charge is 2.37. The third-order valence-electron chi connectivity index (χ3n) is 5.47. The van der Waals surface area contributed by atoms with Crippen molar-refractivity contribution in [3.8, 4) is 11.8 Å². The lowest BCUT2D eigenvalue weighted by Gasteiger charge is -2.26. The van der Waals surface area contributed by atoms with Crippen LogP contribution < -0.4 is 10.4 Å². The first-order valence-electron chi connectivity index (χ1n) is 10.2. The normalized spacial score (nSPS) is 15.6. The molecule has 2 heterocycles. The fourth-order valence-electron chi connectivity index (χ4n) is 4.10. The van der Waals surface area contributed by atoms with Gasteiger partial charge in [0.1, 0.15) is 17.2 Å². The van der Waals surface area contributed by atoms with Gasteiger partial charge in [0.05, 0.1) is 23.5 Å². The van der Waals surface area contributed by atoms with Crippen LogP contribution in [0.1, 0.15) is 24.0 Å². The molecule has 3 aromatic carbocycles. The highest BCUT2D eigenvalue weighted by molar-refractivity contribution is 5.90. The molecule has 0 aliphatic carbocycles. The van der Waals surface area contributed by atoms with Crippen LogP contribution in [-0.2, 0) is 4.74 Å². The van der Waals surface area contributed by atoms with E-state index in [4.69, 9.17) is 13.9 Å². The van der Waals surface area contributed by atoms with Crippen molar-refractivity contribution < 1.29 is 13.9 Å². The monoisotopic (exact) mass is 422 g/mol. The Morgan fingerprint density at radius 1 is 1.06 bits per heavy atom. The standard InChI is InChI=1S/C26H18N2O4/c1-2-30-15-28-25-20(14-27)22(18-12-7-9-16-8-3-4-10-17(16)18)23-24(32-25)19-11-5-6-13-21(19)31-26(23)29/h3-13,15,22H,2H2,1H3/b28-15+. The molecule has 6 heteroatoms. The molecule has 6 nitrogen and oxygen atoms in total. The minimum Gasteiger partial charge on any atom is -0.483 e.